The zero-order valence-corrected chi connectivity index (χ0v) is 18.2. The first-order chi connectivity index (χ1) is 14.8. The van der Waals surface area contributed by atoms with Crippen LogP contribution < -0.4 is 11.1 Å². The fraction of sp³-hybridized carbons (Fsp3) is 0.333. The van der Waals surface area contributed by atoms with Gasteiger partial charge >= 0.3 is 6.03 Å². The third kappa shape index (κ3) is 5.78. The number of urea groups is 1. The van der Waals surface area contributed by atoms with Gasteiger partial charge in [-0.15, -0.1) is 0 Å². The van der Waals surface area contributed by atoms with Crippen LogP contribution in [0.2, 0.25) is 0 Å². The molecular formula is C24H29N5O2. The molecule has 1 aliphatic rings. The quantitative estimate of drug-likeness (QED) is 0.672. The fourth-order valence-electron chi connectivity index (χ4n) is 3.74. The Morgan fingerprint density at radius 2 is 1.90 bits per heavy atom. The molecule has 31 heavy (non-hydrogen) atoms. The van der Waals surface area contributed by atoms with Crippen molar-refractivity contribution in [3.8, 4) is 0 Å². The van der Waals surface area contributed by atoms with Gasteiger partial charge < -0.3 is 11.1 Å². The number of hydrogen-bond donors (Lipinski definition) is 2. The molecule has 0 bridgehead atoms. The summed E-state index contributed by atoms with van der Waals surface area (Å²) >= 11 is 0. The zero-order chi connectivity index (χ0) is 22.4. The molecule has 0 radical (unpaired) electrons. The first-order valence-electron chi connectivity index (χ1n) is 10.4. The smallest absolute Gasteiger partial charge is 0.341 e. The Kier molecular flexibility index (Phi) is 6.84. The number of hydrogen-bond acceptors (Lipinski definition) is 4. The third-order valence-corrected chi connectivity index (χ3v) is 5.06. The standard InChI is InChI=1S/C24H29N5O2/c1-17(2)13-24(3)21(30)29(22(25)28-24)16-20-11-7-10-19(12-20)15-27-23(31)26-14-18-8-5-4-6-9-18/h4-12,15,17H,13-14,16H2,1-3H3,(H2,25,28)(H,26,31). The fourth-order valence-corrected chi connectivity index (χ4v) is 3.74. The summed E-state index contributed by atoms with van der Waals surface area (Å²) in [6, 6.07) is 16.7. The Balaban J connectivity index is 1.61. The monoisotopic (exact) mass is 419 g/mol. The third-order valence-electron chi connectivity index (χ3n) is 5.06. The van der Waals surface area contributed by atoms with Crippen molar-refractivity contribution in [1.82, 2.24) is 10.2 Å². The molecule has 7 heteroatoms. The molecule has 1 atom stereocenters. The predicted octanol–water partition coefficient (Wildman–Crippen LogP) is 3.48. The molecule has 0 saturated heterocycles. The number of aliphatic imine (C=N–C) groups is 2. The van der Waals surface area contributed by atoms with Crippen LogP contribution >= 0.6 is 0 Å². The number of guanidine groups is 1. The van der Waals surface area contributed by atoms with E-state index in [1.54, 1.807) is 0 Å². The molecule has 1 heterocycles. The van der Waals surface area contributed by atoms with Crippen molar-refractivity contribution < 1.29 is 9.59 Å². The maximum atomic E-state index is 12.9. The van der Waals surface area contributed by atoms with E-state index in [1.165, 1.54) is 11.1 Å². The molecule has 3 N–H and O–H groups in total. The van der Waals surface area contributed by atoms with Gasteiger partial charge in [-0.05, 0) is 42.0 Å². The molecule has 7 nitrogen and oxygen atoms in total. The summed E-state index contributed by atoms with van der Waals surface area (Å²) in [6.07, 6.45) is 2.16. The summed E-state index contributed by atoms with van der Waals surface area (Å²) in [7, 11) is 0. The van der Waals surface area contributed by atoms with Crippen LogP contribution in [0.25, 0.3) is 0 Å². The lowest BCUT2D eigenvalue weighted by Crippen LogP contribution is -2.43. The average molecular weight is 420 g/mol. The maximum Gasteiger partial charge on any atom is 0.341 e. The lowest BCUT2D eigenvalue weighted by Gasteiger charge is -2.23. The minimum atomic E-state index is -0.811. The first kappa shape index (κ1) is 22.2. The van der Waals surface area contributed by atoms with E-state index in [4.69, 9.17) is 5.73 Å². The SMILES string of the molecule is CC(C)CC1(C)N=C(N)N(Cc2cccc(C=NC(=O)NCc3ccccc3)c2)C1=O. The summed E-state index contributed by atoms with van der Waals surface area (Å²) in [5.41, 5.74) is 7.90. The van der Waals surface area contributed by atoms with Crippen LogP contribution in [0.3, 0.4) is 0 Å². The van der Waals surface area contributed by atoms with E-state index in [0.29, 0.717) is 25.4 Å². The van der Waals surface area contributed by atoms with Crippen molar-refractivity contribution in [2.45, 2.75) is 45.8 Å². The van der Waals surface area contributed by atoms with Gasteiger partial charge in [0.05, 0.1) is 6.54 Å². The molecule has 2 aromatic carbocycles. The van der Waals surface area contributed by atoms with Gasteiger partial charge in [0.2, 0.25) is 0 Å². The van der Waals surface area contributed by atoms with E-state index in [9.17, 15) is 9.59 Å². The molecule has 1 unspecified atom stereocenters. The van der Waals surface area contributed by atoms with Crippen molar-refractivity contribution in [2.24, 2.45) is 21.6 Å². The van der Waals surface area contributed by atoms with Crippen molar-refractivity contribution in [2.75, 3.05) is 0 Å². The van der Waals surface area contributed by atoms with E-state index in [-0.39, 0.29) is 11.9 Å². The molecule has 1 aliphatic heterocycles. The van der Waals surface area contributed by atoms with E-state index in [2.05, 4.69) is 29.1 Å². The highest BCUT2D eigenvalue weighted by atomic mass is 16.2. The van der Waals surface area contributed by atoms with Crippen LogP contribution in [0, 0.1) is 5.92 Å². The lowest BCUT2D eigenvalue weighted by molar-refractivity contribution is -0.131. The number of nitrogens with two attached hydrogens (primary N) is 1. The van der Waals surface area contributed by atoms with Crippen molar-refractivity contribution in [1.29, 1.82) is 0 Å². The summed E-state index contributed by atoms with van der Waals surface area (Å²) in [5, 5.41) is 2.76. The van der Waals surface area contributed by atoms with E-state index in [1.807, 2.05) is 61.5 Å². The van der Waals surface area contributed by atoms with Gasteiger partial charge in [0.1, 0.15) is 5.54 Å². The number of rotatable bonds is 7. The van der Waals surface area contributed by atoms with Gasteiger partial charge in [0.15, 0.2) is 5.96 Å². The van der Waals surface area contributed by atoms with E-state index in [0.717, 1.165) is 16.7 Å². The van der Waals surface area contributed by atoms with Gasteiger partial charge in [-0.3, -0.25) is 9.69 Å². The highest BCUT2D eigenvalue weighted by molar-refractivity contribution is 6.06. The second-order valence-electron chi connectivity index (χ2n) is 8.38. The highest BCUT2D eigenvalue weighted by Gasteiger charge is 2.43. The average Bonchev–Trinajstić information content (AvgIpc) is 2.94. The molecule has 3 amide bonds. The second kappa shape index (κ2) is 9.55. The lowest BCUT2D eigenvalue weighted by atomic mass is 9.91. The van der Waals surface area contributed by atoms with Crippen LogP contribution in [0.15, 0.2) is 64.6 Å². The topological polar surface area (TPSA) is 100 Å². The number of carbonyl (C=O) groups is 2. The number of carbonyl (C=O) groups excluding carboxylic acids is 2. The molecular weight excluding hydrogens is 390 g/mol. The normalized spacial score (nSPS) is 18.6. The molecule has 0 aliphatic carbocycles. The Morgan fingerprint density at radius 3 is 2.61 bits per heavy atom. The Morgan fingerprint density at radius 1 is 1.19 bits per heavy atom. The van der Waals surface area contributed by atoms with Crippen molar-refractivity contribution >= 4 is 24.1 Å². The maximum absolute atomic E-state index is 12.9. The summed E-state index contributed by atoms with van der Waals surface area (Å²) < 4.78 is 0. The van der Waals surface area contributed by atoms with Crippen molar-refractivity contribution in [3.63, 3.8) is 0 Å². The first-order valence-corrected chi connectivity index (χ1v) is 10.4. The zero-order valence-electron chi connectivity index (χ0n) is 18.2. The molecule has 2 aromatic rings. The largest absolute Gasteiger partial charge is 0.369 e. The van der Waals surface area contributed by atoms with Crippen LogP contribution in [-0.4, -0.2) is 34.6 Å². The van der Waals surface area contributed by atoms with Gasteiger partial charge in [-0.25, -0.2) is 14.8 Å². The Hall–Kier alpha value is -3.48. The van der Waals surface area contributed by atoms with Crippen molar-refractivity contribution in [3.05, 3.63) is 71.3 Å². The van der Waals surface area contributed by atoms with E-state index >= 15 is 0 Å². The van der Waals surface area contributed by atoms with Gasteiger partial charge in [0, 0.05) is 12.8 Å². The molecule has 0 aromatic heterocycles. The molecule has 0 saturated carbocycles. The summed E-state index contributed by atoms with van der Waals surface area (Å²) in [6.45, 7) is 6.70. The number of nitrogens with one attached hydrogen (secondary N) is 1. The molecule has 162 valence electrons. The van der Waals surface area contributed by atoms with Crippen LogP contribution in [0.4, 0.5) is 4.79 Å². The van der Waals surface area contributed by atoms with Crippen LogP contribution in [0.1, 0.15) is 43.9 Å². The van der Waals surface area contributed by atoms with Crippen LogP contribution in [0.5, 0.6) is 0 Å². The van der Waals surface area contributed by atoms with E-state index < -0.39 is 11.6 Å². The second-order valence-corrected chi connectivity index (χ2v) is 8.38. The summed E-state index contributed by atoms with van der Waals surface area (Å²) in [5.74, 6) is 0.489. The Labute approximate surface area is 183 Å². The highest BCUT2D eigenvalue weighted by Crippen LogP contribution is 2.29. The minimum absolute atomic E-state index is 0.0851. The van der Waals surface area contributed by atoms with Gasteiger partial charge in [-0.1, -0.05) is 62.4 Å². The van der Waals surface area contributed by atoms with Gasteiger partial charge in [0.25, 0.3) is 5.91 Å². The molecule has 0 spiro atoms. The number of nitrogens with zero attached hydrogens (tertiary/aromatic N) is 3. The minimum Gasteiger partial charge on any atom is -0.369 e. The number of amides is 3. The van der Waals surface area contributed by atoms with Gasteiger partial charge in [-0.2, -0.15) is 0 Å². The summed E-state index contributed by atoms with van der Waals surface area (Å²) in [4.78, 5) is 34.8. The molecule has 0 fully saturated rings. The van der Waals surface area contributed by atoms with Crippen LogP contribution in [-0.2, 0) is 17.9 Å². The number of benzene rings is 2. The molecule has 3 rings (SSSR count). The predicted molar refractivity (Wildman–Crippen MR) is 123 cm³/mol. The Bertz CT molecular complexity index is 1000.